The average Bonchev–Trinajstić information content (AvgIpc) is 3.10. The second-order valence-electron chi connectivity index (χ2n) is 7.50. The molecule has 0 aliphatic carbocycles. The molecule has 0 spiro atoms. The zero-order valence-corrected chi connectivity index (χ0v) is 16.3. The highest BCUT2D eigenvalue weighted by Gasteiger charge is 2.22. The van der Waals surface area contributed by atoms with Crippen molar-refractivity contribution in [2.75, 3.05) is 5.32 Å². The Kier molecular flexibility index (Phi) is 5.30. The van der Waals surface area contributed by atoms with Crippen molar-refractivity contribution in [2.24, 2.45) is 5.41 Å². The van der Waals surface area contributed by atoms with E-state index in [1.165, 1.54) is 10.9 Å². The molecular formula is C20H22N6O2. The van der Waals surface area contributed by atoms with Crippen LogP contribution in [0, 0.1) is 12.3 Å². The lowest BCUT2D eigenvalue weighted by atomic mass is 9.91. The van der Waals surface area contributed by atoms with Gasteiger partial charge < -0.3 is 5.32 Å². The predicted octanol–water partition coefficient (Wildman–Crippen LogP) is 2.91. The summed E-state index contributed by atoms with van der Waals surface area (Å²) in [5.41, 5.74) is 1.91. The van der Waals surface area contributed by atoms with Crippen LogP contribution in [-0.4, -0.2) is 36.7 Å². The number of nitrogens with one attached hydrogen (secondary N) is 1. The molecule has 1 N–H and O–H groups in total. The molecule has 0 aliphatic heterocycles. The summed E-state index contributed by atoms with van der Waals surface area (Å²) in [4.78, 5) is 33.1. The lowest BCUT2D eigenvalue weighted by molar-refractivity contribution is -0.127. The van der Waals surface area contributed by atoms with Crippen molar-refractivity contribution >= 4 is 17.4 Å². The predicted molar refractivity (Wildman–Crippen MR) is 105 cm³/mol. The Bertz CT molecular complexity index is 1020. The first-order chi connectivity index (χ1) is 13.2. The third-order valence-corrected chi connectivity index (χ3v) is 4.11. The fourth-order valence-corrected chi connectivity index (χ4v) is 2.43. The van der Waals surface area contributed by atoms with Crippen LogP contribution in [0.2, 0.25) is 0 Å². The lowest BCUT2D eigenvalue weighted by Gasteiger charge is -2.15. The fraction of sp³-hybridized carbons (Fsp3) is 0.300. The Morgan fingerprint density at radius 1 is 1.18 bits per heavy atom. The minimum absolute atomic E-state index is 0.0113. The maximum atomic E-state index is 12.5. The Morgan fingerprint density at radius 2 is 1.96 bits per heavy atom. The van der Waals surface area contributed by atoms with Crippen LogP contribution in [0.25, 0.3) is 11.3 Å². The summed E-state index contributed by atoms with van der Waals surface area (Å²) in [6.07, 6.45) is 3.16. The molecule has 2 aromatic heterocycles. The monoisotopic (exact) mass is 378 g/mol. The van der Waals surface area contributed by atoms with Crippen LogP contribution in [0.15, 0.2) is 42.7 Å². The normalized spacial score (nSPS) is 11.3. The summed E-state index contributed by atoms with van der Waals surface area (Å²) in [6.45, 7) is 7.42. The minimum atomic E-state index is -0.478. The number of benzene rings is 1. The van der Waals surface area contributed by atoms with Gasteiger partial charge in [-0.25, -0.2) is 14.6 Å². The van der Waals surface area contributed by atoms with Crippen molar-refractivity contribution in [1.82, 2.24) is 25.0 Å². The third-order valence-electron chi connectivity index (χ3n) is 4.11. The van der Waals surface area contributed by atoms with Gasteiger partial charge in [0.15, 0.2) is 11.5 Å². The average molecular weight is 378 g/mol. The van der Waals surface area contributed by atoms with Gasteiger partial charge in [-0.1, -0.05) is 38.1 Å². The Labute approximate surface area is 163 Å². The van der Waals surface area contributed by atoms with E-state index in [1.807, 2.05) is 52.0 Å². The van der Waals surface area contributed by atoms with Crippen molar-refractivity contribution in [3.05, 3.63) is 54.2 Å². The van der Waals surface area contributed by atoms with E-state index in [-0.39, 0.29) is 18.0 Å². The molecule has 28 heavy (non-hydrogen) atoms. The maximum absolute atomic E-state index is 12.5. The first kappa shape index (κ1) is 19.3. The molecule has 8 nitrogen and oxygen atoms in total. The molecule has 3 aromatic rings. The number of Topliss-reactive ketones (excluding diaryl/α,β-unsaturated/α-hetero) is 1. The number of aryl methyl sites for hydroxylation is 1. The van der Waals surface area contributed by atoms with Crippen LogP contribution >= 0.6 is 0 Å². The second kappa shape index (κ2) is 7.67. The van der Waals surface area contributed by atoms with Gasteiger partial charge in [0, 0.05) is 22.9 Å². The molecule has 0 unspecified atom stereocenters. The van der Waals surface area contributed by atoms with Crippen LogP contribution in [0.3, 0.4) is 0 Å². The second-order valence-corrected chi connectivity index (χ2v) is 7.50. The molecule has 3 rings (SSSR count). The summed E-state index contributed by atoms with van der Waals surface area (Å²) < 4.78 is 1.38. The number of amides is 1. The molecule has 0 aliphatic rings. The molecule has 0 fully saturated rings. The number of anilines is 1. The quantitative estimate of drug-likeness (QED) is 0.732. The van der Waals surface area contributed by atoms with Crippen molar-refractivity contribution in [1.29, 1.82) is 0 Å². The van der Waals surface area contributed by atoms with Gasteiger partial charge >= 0.3 is 0 Å². The number of hydrogen-bond donors (Lipinski definition) is 1. The van der Waals surface area contributed by atoms with E-state index < -0.39 is 11.3 Å². The minimum Gasteiger partial charge on any atom is -0.321 e. The molecule has 144 valence electrons. The topological polar surface area (TPSA) is 103 Å². The highest BCUT2D eigenvalue weighted by Crippen LogP contribution is 2.21. The molecule has 1 aromatic carbocycles. The van der Waals surface area contributed by atoms with Gasteiger partial charge in [-0.05, 0) is 25.1 Å². The van der Waals surface area contributed by atoms with Crippen LogP contribution in [0.1, 0.15) is 37.1 Å². The zero-order chi connectivity index (χ0) is 20.3. The Hall–Kier alpha value is -3.42. The highest BCUT2D eigenvalue weighted by atomic mass is 16.2. The zero-order valence-electron chi connectivity index (χ0n) is 16.3. The van der Waals surface area contributed by atoms with Gasteiger partial charge in [-0.2, -0.15) is 0 Å². The van der Waals surface area contributed by atoms with Gasteiger partial charge in [0.2, 0.25) is 0 Å². The summed E-state index contributed by atoms with van der Waals surface area (Å²) in [7, 11) is 0. The fourth-order valence-electron chi connectivity index (χ4n) is 2.43. The number of aromatic nitrogens is 5. The largest absolute Gasteiger partial charge is 0.321 e. The Morgan fingerprint density at radius 3 is 2.68 bits per heavy atom. The highest BCUT2D eigenvalue weighted by molar-refractivity contribution is 6.02. The number of nitrogens with zero attached hydrogens (tertiary/aromatic N) is 5. The van der Waals surface area contributed by atoms with Gasteiger partial charge in [0.1, 0.15) is 12.4 Å². The number of carbonyl (C=O) groups excluding carboxylic acids is 2. The summed E-state index contributed by atoms with van der Waals surface area (Å²) >= 11 is 0. The lowest BCUT2D eigenvalue weighted by Crippen LogP contribution is -2.25. The number of ketones is 1. The third kappa shape index (κ3) is 4.64. The number of carbonyl (C=O) groups is 2. The molecular weight excluding hydrogens is 356 g/mol. The molecule has 2 heterocycles. The van der Waals surface area contributed by atoms with Crippen molar-refractivity contribution in [2.45, 2.75) is 34.2 Å². The first-order valence-corrected chi connectivity index (χ1v) is 8.87. The summed E-state index contributed by atoms with van der Waals surface area (Å²) in [5.74, 6) is 0.288. The van der Waals surface area contributed by atoms with Gasteiger partial charge in [0.25, 0.3) is 5.91 Å². The van der Waals surface area contributed by atoms with Crippen molar-refractivity contribution in [3.8, 4) is 11.3 Å². The van der Waals surface area contributed by atoms with E-state index in [2.05, 4.69) is 25.6 Å². The van der Waals surface area contributed by atoms with Gasteiger partial charge in [-0.3, -0.25) is 9.59 Å². The van der Waals surface area contributed by atoms with E-state index in [4.69, 9.17) is 0 Å². The van der Waals surface area contributed by atoms with Crippen LogP contribution in [-0.2, 0) is 11.3 Å². The maximum Gasteiger partial charge on any atom is 0.277 e. The van der Waals surface area contributed by atoms with Gasteiger partial charge in [0.05, 0.1) is 11.9 Å². The van der Waals surface area contributed by atoms with Crippen LogP contribution in [0.4, 0.5) is 5.69 Å². The van der Waals surface area contributed by atoms with E-state index in [0.29, 0.717) is 11.5 Å². The molecule has 0 radical (unpaired) electrons. The van der Waals surface area contributed by atoms with Gasteiger partial charge in [-0.15, -0.1) is 5.10 Å². The van der Waals surface area contributed by atoms with E-state index in [9.17, 15) is 9.59 Å². The van der Waals surface area contributed by atoms with E-state index in [1.54, 1.807) is 12.3 Å². The molecule has 0 atom stereocenters. The Balaban J connectivity index is 1.72. The molecule has 0 saturated heterocycles. The van der Waals surface area contributed by atoms with Crippen LogP contribution < -0.4 is 5.32 Å². The molecule has 8 heteroatoms. The SMILES string of the molecule is Cc1nccc(-c2cccc(NC(=O)c3cn(CC(=O)C(C)(C)C)nn3)c2)n1. The number of rotatable bonds is 5. The summed E-state index contributed by atoms with van der Waals surface area (Å²) in [6, 6.07) is 9.16. The smallest absolute Gasteiger partial charge is 0.277 e. The summed E-state index contributed by atoms with van der Waals surface area (Å²) in [5, 5.41) is 10.5. The number of hydrogen-bond acceptors (Lipinski definition) is 6. The molecule has 0 saturated carbocycles. The van der Waals surface area contributed by atoms with E-state index in [0.717, 1.165) is 11.3 Å². The van der Waals surface area contributed by atoms with Crippen molar-refractivity contribution < 1.29 is 9.59 Å². The first-order valence-electron chi connectivity index (χ1n) is 8.87. The molecule has 1 amide bonds. The van der Waals surface area contributed by atoms with Crippen LogP contribution in [0.5, 0.6) is 0 Å². The molecule has 0 bridgehead atoms. The van der Waals surface area contributed by atoms with E-state index >= 15 is 0 Å². The standard InChI is InChI=1S/C20H22N6O2/c1-13-21-9-8-16(22-13)14-6-5-7-15(10-14)23-19(28)17-11-26(25-24-17)12-18(27)20(2,3)4/h5-11H,12H2,1-4H3,(H,23,28). The van der Waals surface area contributed by atoms with Crippen molar-refractivity contribution in [3.63, 3.8) is 0 Å².